The van der Waals surface area contributed by atoms with Gasteiger partial charge in [0.25, 0.3) is 0 Å². The molecule has 7 nitrogen and oxygen atoms in total. The van der Waals surface area contributed by atoms with Gasteiger partial charge in [0.05, 0.1) is 11.3 Å². The fourth-order valence-electron chi connectivity index (χ4n) is 2.86. The first-order chi connectivity index (χ1) is 12.8. The highest BCUT2D eigenvalue weighted by Crippen LogP contribution is 2.25. The predicted molar refractivity (Wildman–Crippen MR) is 98.4 cm³/mol. The van der Waals surface area contributed by atoms with Crippen molar-refractivity contribution in [2.45, 2.75) is 18.2 Å². The first-order valence-electron chi connectivity index (χ1n) is 8.22. The summed E-state index contributed by atoms with van der Waals surface area (Å²) in [6.07, 6.45) is 0.135. The Bertz CT molecular complexity index is 1010. The molecule has 0 saturated carbocycles. The van der Waals surface area contributed by atoms with Crippen LogP contribution in [0, 0.1) is 5.82 Å². The summed E-state index contributed by atoms with van der Waals surface area (Å²) in [5, 5.41) is 2.64. The molecule has 0 radical (unpaired) electrons. The zero-order valence-electron chi connectivity index (χ0n) is 14.5. The molecular weight excluding hydrogens is 373 g/mol. The van der Waals surface area contributed by atoms with E-state index in [9.17, 15) is 22.4 Å². The first-order valence-corrected chi connectivity index (χ1v) is 9.71. The van der Waals surface area contributed by atoms with Gasteiger partial charge in [-0.2, -0.15) is 0 Å². The Morgan fingerprint density at radius 2 is 2.04 bits per heavy atom. The van der Waals surface area contributed by atoms with E-state index in [0.29, 0.717) is 16.9 Å². The molecule has 0 atom stereocenters. The van der Waals surface area contributed by atoms with Crippen molar-refractivity contribution in [2.24, 2.45) is 0 Å². The molecule has 2 amide bonds. The summed E-state index contributed by atoms with van der Waals surface area (Å²) in [4.78, 5) is 24.5. The lowest BCUT2D eigenvalue weighted by Gasteiger charge is -2.21. The van der Waals surface area contributed by atoms with Crippen molar-refractivity contribution in [1.29, 1.82) is 0 Å². The summed E-state index contributed by atoms with van der Waals surface area (Å²) in [5.41, 5.74) is 1.57. The number of nitrogens with one attached hydrogen (secondary N) is 2. The van der Waals surface area contributed by atoms with Crippen molar-refractivity contribution >= 4 is 33.2 Å². The molecule has 1 aliphatic rings. The van der Waals surface area contributed by atoms with Gasteiger partial charge in [0.2, 0.25) is 21.8 Å². The van der Waals surface area contributed by atoms with Crippen LogP contribution in [0.4, 0.5) is 15.8 Å². The van der Waals surface area contributed by atoms with Gasteiger partial charge in [0.15, 0.2) is 0 Å². The third-order valence-corrected chi connectivity index (χ3v) is 5.60. The van der Waals surface area contributed by atoms with Gasteiger partial charge >= 0.3 is 0 Å². The van der Waals surface area contributed by atoms with Crippen molar-refractivity contribution < 1.29 is 22.4 Å². The second-order valence-electron chi connectivity index (χ2n) is 6.09. The summed E-state index contributed by atoms with van der Waals surface area (Å²) < 4.78 is 40.8. The average molecular weight is 391 g/mol. The average Bonchev–Trinajstić information content (AvgIpc) is 2.97. The lowest BCUT2D eigenvalue weighted by atomic mass is 10.2. The van der Waals surface area contributed by atoms with Crippen LogP contribution < -0.4 is 14.9 Å². The van der Waals surface area contributed by atoms with Crippen LogP contribution in [0.25, 0.3) is 0 Å². The molecule has 27 heavy (non-hydrogen) atoms. The molecule has 9 heteroatoms. The van der Waals surface area contributed by atoms with E-state index in [1.54, 1.807) is 12.1 Å². The number of hydrogen-bond acceptors (Lipinski definition) is 4. The number of anilines is 2. The zero-order valence-corrected chi connectivity index (χ0v) is 15.3. The molecule has 0 aliphatic carbocycles. The number of carbonyl (C=O) groups excluding carboxylic acids is 2. The molecule has 0 spiro atoms. The molecule has 0 aromatic heterocycles. The maximum absolute atomic E-state index is 13.4. The minimum atomic E-state index is -3.81. The van der Waals surface area contributed by atoms with Gasteiger partial charge in [0, 0.05) is 31.4 Å². The highest BCUT2D eigenvalue weighted by molar-refractivity contribution is 7.89. The number of halogens is 1. The van der Waals surface area contributed by atoms with E-state index in [0.717, 1.165) is 0 Å². The number of sulfonamides is 1. The number of nitrogens with zero attached hydrogens (tertiary/aromatic N) is 1. The van der Waals surface area contributed by atoms with E-state index in [1.165, 1.54) is 42.2 Å². The third-order valence-electron chi connectivity index (χ3n) is 4.14. The standard InChI is InChI=1S/C18H18FN3O4S/c1-12(23)22(15-4-2-3-14(19)11-15)8-7-20-27(25,26)16-5-6-17-13(9-16)10-18(24)21-17/h2-6,9,11,20H,7-8,10H2,1H3,(H,21,24). The van der Waals surface area contributed by atoms with Crippen LogP contribution in [-0.2, 0) is 26.0 Å². The minimum absolute atomic E-state index is 0.0397. The van der Waals surface area contributed by atoms with Gasteiger partial charge in [-0.15, -0.1) is 0 Å². The van der Waals surface area contributed by atoms with E-state index in [1.807, 2.05) is 0 Å². The van der Waals surface area contributed by atoms with Gasteiger partial charge in [-0.1, -0.05) is 6.07 Å². The Morgan fingerprint density at radius 3 is 2.74 bits per heavy atom. The van der Waals surface area contributed by atoms with E-state index in [-0.39, 0.29) is 36.2 Å². The molecule has 1 aliphatic heterocycles. The Labute approximate surface area is 156 Å². The zero-order chi connectivity index (χ0) is 19.6. The number of carbonyl (C=O) groups is 2. The van der Waals surface area contributed by atoms with Crippen LogP contribution in [-0.4, -0.2) is 33.3 Å². The number of rotatable bonds is 6. The molecule has 1 heterocycles. The smallest absolute Gasteiger partial charge is 0.240 e. The van der Waals surface area contributed by atoms with E-state index in [4.69, 9.17) is 0 Å². The van der Waals surface area contributed by atoms with Crippen LogP contribution >= 0.6 is 0 Å². The van der Waals surface area contributed by atoms with Crippen molar-refractivity contribution in [1.82, 2.24) is 4.72 Å². The van der Waals surface area contributed by atoms with E-state index < -0.39 is 15.8 Å². The fraction of sp³-hybridized carbons (Fsp3) is 0.222. The molecule has 142 valence electrons. The van der Waals surface area contributed by atoms with Crippen LogP contribution in [0.15, 0.2) is 47.4 Å². The monoisotopic (exact) mass is 391 g/mol. The molecule has 2 aromatic carbocycles. The minimum Gasteiger partial charge on any atom is -0.326 e. The lowest BCUT2D eigenvalue weighted by Crippen LogP contribution is -2.37. The van der Waals surface area contributed by atoms with Gasteiger partial charge in [-0.05, 0) is 42.0 Å². The summed E-state index contributed by atoms with van der Waals surface area (Å²) in [6.45, 7) is 1.32. The Kier molecular flexibility index (Phi) is 5.24. The quantitative estimate of drug-likeness (QED) is 0.783. The normalized spacial score (nSPS) is 13.2. The van der Waals surface area contributed by atoms with Crippen LogP contribution in [0.3, 0.4) is 0 Å². The maximum Gasteiger partial charge on any atom is 0.240 e. The summed E-state index contributed by atoms with van der Waals surface area (Å²) in [6, 6.07) is 9.92. The second-order valence-corrected chi connectivity index (χ2v) is 7.86. The van der Waals surface area contributed by atoms with Gasteiger partial charge < -0.3 is 10.2 Å². The molecule has 0 fully saturated rings. The topological polar surface area (TPSA) is 95.6 Å². The number of hydrogen-bond donors (Lipinski definition) is 2. The van der Waals surface area contributed by atoms with E-state index in [2.05, 4.69) is 10.0 Å². The predicted octanol–water partition coefficient (Wildman–Crippen LogP) is 1.65. The Morgan fingerprint density at radius 1 is 1.26 bits per heavy atom. The molecule has 0 saturated heterocycles. The van der Waals surface area contributed by atoms with Gasteiger partial charge in [-0.3, -0.25) is 9.59 Å². The molecule has 3 rings (SSSR count). The van der Waals surface area contributed by atoms with Crippen LogP contribution in [0.2, 0.25) is 0 Å². The first kappa shape index (κ1) is 19.0. The SMILES string of the molecule is CC(=O)N(CCNS(=O)(=O)c1ccc2c(c1)CC(=O)N2)c1cccc(F)c1. The van der Waals surface area contributed by atoms with E-state index >= 15 is 0 Å². The van der Waals surface area contributed by atoms with Crippen LogP contribution in [0.5, 0.6) is 0 Å². The molecule has 0 bridgehead atoms. The van der Waals surface area contributed by atoms with Crippen molar-refractivity contribution in [2.75, 3.05) is 23.3 Å². The summed E-state index contributed by atoms with van der Waals surface area (Å²) in [7, 11) is -3.81. The molecule has 0 unspecified atom stereocenters. The largest absolute Gasteiger partial charge is 0.326 e. The lowest BCUT2D eigenvalue weighted by molar-refractivity contribution is -0.116. The van der Waals surface area contributed by atoms with Crippen molar-refractivity contribution in [3.05, 3.63) is 53.8 Å². The summed E-state index contributed by atoms with van der Waals surface area (Å²) >= 11 is 0. The van der Waals surface area contributed by atoms with Crippen molar-refractivity contribution in [3.8, 4) is 0 Å². The van der Waals surface area contributed by atoms with Gasteiger partial charge in [-0.25, -0.2) is 17.5 Å². The number of fused-ring (bicyclic) bond motifs is 1. The fourth-order valence-corrected chi connectivity index (χ4v) is 3.93. The van der Waals surface area contributed by atoms with Crippen LogP contribution in [0.1, 0.15) is 12.5 Å². The Balaban J connectivity index is 1.69. The van der Waals surface area contributed by atoms with Gasteiger partial charge in [0.1, 0.15) is 5.82 Å². The highest BCUT2D eigenvalue weighted by atomic mass is 32.2. The van der Waals surface area contributed by atoms with Crippen molar-refractivity contribution in [3.63, 3.8) is 0 Å². The summed E-state index contributed by atoms with van der Waals surface area (Å²) in [5.74, 6) is -0.998. The molecular formula is C18H18FN3O4S. The molecule has 2 N–H and O–H groups in total. The Hall–Kier alpha value is -2.78. The highest BCUT2D eigenvalue weighted by Gasteiger charge is 2.22. The second kappa shape index (κ2) is 7.45. The molecule has 2 aromatic rings. The number of benzene rings is 2. The maximum atomic E-state index is 13.4. The number of amides is 2. The third kappa shape index (κ3) is 4.32.